The maximum atomic E-state index is 12.1. The highest BCUT2D eigenvalue weighted by Crippen LogP contribution is 2.37. The van der Waals surface area contributed by atoms with E-state index in [1.165, 1.54) is 26.0 Å². The molecular formula is C19H17BrN2O5. The van der Waals surface area contributed by atoms with Crippen LogP contribution in [0, 0.1) is 0 Å². The smallest absolute Gasteiger partial charge is 0.308 e. The van der Waals surface area contributed by atoms with Crippen LogP contribution in [0.15, 0.2) is 52.0 Å². The van der Waals surface area contributed by atoms with E-state index in [1.54, 1.807) is 18.2 Å². The molecule has 0 aromatic heterocycles. The molecule has 1 heterocycles. The van der Waals surface area contributed by atoms with E-state index in [1.807, 2.05) is 24.3 Å². The van der Waals surface area contributed by atoms with E-state index in [9.17, 15) is 9.59 Å². The van der Waals surface area contributed by atoms with Gasteiger partial charge in [-0.25, -0.2) is 0 Å². The van der Waals surface area contributed by atoms with Crippen molar-refractivity contribution in [3.8, 4) is 11.5 Å². The highest BCUT2D eigenvalue weighted by Gasteiger charge is 2.35. The first-order valence-electron chi connectivity index (χ1n) is 8.07. The predicted octanol–water partition coefficient (Wildman–Crippen LogP) is 3.62. The topological polar surface area (TPSA) is 77.4 Å². The molecule has 0 bridgehead atoms. The van der Waals surface area contributed by atoms with Crippen LogP contribution in [0.5, 0.6) is 11.5 Å². The Hall–Kier alpha value is -2.87. The van der Waals surface area contributed by atoms with E-state index in [4.69, 9.17) is 14.2 Å². The highest BCUT2D eigenvalue weighted by atomic mass is 79.9. The van der Waals surface area contributed by atoms with Crippen molar-refractivity contribution >= 4 is 33.7 Å². The Balaban J connectivity index is 2.04. The summed E-state index contributed by atoms with van der Waals surface area (Å²) < 4.78 is 17.4. The first-order chi connectivity index (χ1) is 12.9. The maximum Gasteiger partial charge on any atom is 0.308 e. The molecule has 2 aromatic carbocycles. The first-order valence-corrected chi connectivity index (χ1v) is 8.86. The van der Waals surface area contributed by atoms with Gasteiger partial charge < -0.3 is 14.2 Å². The zero-order valence-corrected chi connectivity index (χ0v) is 16.5. The molecule has 1 aliphatic rings. The number of halogens is 1. The number of nitrogens with zero attached hydrogens (tertiary/aromatic N) is 2. The molecule has 27 heavy (non-hydrogen) atoms. The van der Waals surface area contributed by atoms with Crippen molar-refractivity contribution in [1.29, 1.82) is 0 Å². The molecule has 8 heteroatoms. The van der Waals surface area contributed by atoms with Gasteiger partial charge >= 0.3 is 5.97 Å². The van der Waals surface area contributed by atoms with Crippen molar-refractivity contribution in [2.45, 2.75) is 20.1 Å². The number of hydrazone groups is 1. The van der Waals surface area contributed by atoms with Crippen molar-refractivity contribution in [3.05, 3.63) is 58.1 Å². The van der Waals surface area contributed by atoms with Gasteiger partial charge in [0.25, 0.3) is 0 Å². The van der Waals surface area contributed by atoms with Crippen LogP contribution in [0.25, 0.3) is 0 Å². The monoisotopic (exact) mass is 432 g/mol. The van der Waals surface area contributed by atoms with E-state index in [0.717, 1.165) is 10.0 Å². The number of ether oxygens (including phenoxy) is 3. The third kappa shape index (κ3) is 3.95. The molecule has 1 aliphatic heterocycles. The quantitative estimate of drug-likeness (QED) is 0.544. The van der Waals surface area contributed by atoms with Gasteiger partial charge in [0.1, 0.15) is 0 Å². The summed E-state index contributed by atoms with van der Waals surface area (Å²) in [4.78, 5) is 23.6. The summed E-state index contributed by atoms with van der Waals surface area (Å²) in [7, 11) is 1.47. The number of para-hydroxylation sites is 1. The molecule has 1 atom stereocenters. The van der Waals surface area contributed by atoms with Crippen LogP contribution in [0.1, 0.15) is 31.2 Å². The lowest BCUT2D eigenvalue weighted by molar-refractivity contribution is -0.135. The lowest BCUT2D eigenvalue weighted by Gasteiger charge is -2.19. The van der Waals surface area contributed by atoms with Crippen LogP contribution in [-0.4, -0.2) is 29.9 Å². The molecule has 7 nitrogen and oxygen atoms in total. The Morgan fingerprint density at radius 2 is 1.93 bits per heavy atom. The first kappa shape index (κ1) is 18.9. The van der Waals surface area contributed by atoms with Gasteiger partial charge in [-0.2, -0.15) is 5.01 Å². The summed E-state index contributed by atoms with van der Waals surface area (Å²) in [5, 5.41) is 5.55. The number of benzene rings is 2. The molecule has 0 saturated carbocycles. The van der Waals surface area contributed by atoms with E-state index in [0.29, 0.717) is 11.3 Å². The van der Waals surface area contributed by atoms with Crippen molar-refractivity contribution in [3.63, 3.8) is 0 Å². The number of rotatable bonds is 4. The number of amides is 1. The van der Waals surface area contributed by atoms with Crippen LogP contribution in [-0.2, 0) is 14.3 Å². The van der Waals surface area contributed by atoms with Gasteiger partial charge in [0.15, 0.2) is 11.5 Å². The summed E-state index contributed by atoms with van der Waals surface area (Å²) in [5.74, 6) is -0.0949. The van der Waals surface area contributed by atoms with E-state index in [-0.39, 0.29) is 17.6 Å². The van der Waals surface area contributed by atoms with E-state index >= 15 is 0 Å². The number of carbonyl (C=O) groups is 2. The third-order valence-corrected chi connectivity index (χ3v) is 4.27. The average Bonchev–Trinajstić information content (AvgIpc) is 3.07. The van der Waals surface area contributed by atoms with Crippen molar-refractivity contribution in [1.82, 2.24) is 5.01 Å². The number of methoxy groups -OCH3 is 1. The van der Waals surface area contributed by atoms with E-state index in [2.05, 4.69) is 21.0 Å². The normalized spacial score (nSPS) is 15.8. The second-order valence-corrected chi connectivity index (χ2v) is 6.64. The summed E-state index contributed by atoms with van der Waals surface area (Å²) in [6, 6.07) is 12.5. The molecular weight excluding hydrogens is 416 g/mol. The molecule has 140 valence electrons. The second kappa shape index (κ2) is 7.79. The van der Waals surface area contributed by atoms with Crippen LogP contribution >= 0.6 is 15.9 Å². The van der Waals surface area contributed by atoms with Gasteiger partial charge in [-0.05, 0) is 24.3 Å². The molecule has 0 N–H and O–H groups in total. The minimum absolute atomic E-state index is 0.158. The van der Waals surface area contributed by atoms with Gasteiger partial charge in [0, 0.05) is 23.9 Å². The zero-order chi connectivity index (χ0) is 19.6. The lowest BCUT2D eigenvalue weighted by atomic mass is 10.1. The van der Waals surface area contributed by atoms with Gasteiger partial charge in [-0.1, -0.05) is 34.1 Å². The Morgan fingerprint density at radius 3 is 2.56 bits per heavy atom. The zero-order valence-electron chi connectivity index (χ0n) is 14.9. The fraction of sp³-hybridized carbons (Fsp3) is 0.211. The summed E-state index contributed by atoms with van der Waals surface area (Å²) in [5.41, 5.74) is 1.16. The number of esters is 1. The minimum atomic E-state index is -0.730. The molecule has 3 rings (SSSR count). The maximum absolute atomic E-state index is 12.1. The van der Waals surface area contributed by atoms with Crippen molar-refractivity contribution < 1.29 is 23.8 Å². The van der Waals surface area contributed by atoms with E-state index < -0.39 is 12.2 Å². The molecule has 0 spiro atoms. The summed E-state index contributed by atoms with van der Waals surface area (Å²) in [6.07, 6.45) is -0.730. The number of hydrogen-bond acceptors (Lipinski definition) is 6. The molecule has 0 aliphatic carbocycles. The Labute approximate surface area is 164 Å². The Bertz CT molecular complexity index is 928. The Morgan fingerprint density at radius 1 is 1.19 bits per heavy atom. The van der Waals surface area contributed by atoms with Crippen LogP contribution < -0.4 is 9.47 Å². The van der Waals surface area contributed by atoms with Gasteiger partial charge in [0.2, 0.25) is 18.0 Å². The Kier molecular flexibility index (Phi) is 5.46. The summed E-state index contributed by atoms with van der Waals surface area (Å²) in [6.45, 7) is 2.69. The third-order valence-electron chi connectivity index (χ3n) is 3.78. The van der Waals surface area contributed by atoms with Crippen molar-refractivity contribution in [2.24, 2.45) is 5.10 Å². The predicted molar refractivity (Wildman–Crippen MR) is 101 cm³/mol. The lowest BCUT2D eigenvalue weighted by Crippen LogP contribution is -2.25. The molecule has 0 saturated heterocycles. The minimum Gasteiger partial charge on any atom is -0.493 e. The van der Waals surface area contributed by atoms with Gasteiger partial charge in [-0.3, -0.25) is 9.59 Å². The molecule has 0 fully saturated rings. The average molecular weight is 433 g/mol. The fourth-order valence-electron chi connectivity index (χ4n) is 2.65. The van der Waals surface area contributed by atoms with Gasteiger partial charge in [-0.15, -0.1) is 5.10 Å². The standard InChI is InChI=1S/C19H17BrN2O5/c1-11(23)22-19(13-6-4-7-14(20)10-13)27-18(21-22)15-8-5-9-16(25-3)17(15)26-12(2)24/h4-10,19H,1-3H3/t19-/m0/s1. The molecule has 1 amide bonds. The number of carbonyl (C=O) groups excluding carboxylic acids is 2. The van der Waals surface area contributed by atoms with Crippen LogP contribution in [0.2, 0.25) is 0 Å². The summed E-state index contributed by atoms with van der Waals surface area (Å²) >= 11 is 3.41. The SMILES string of the molecule is COc1cccc(C2=NN(C(C)=O)[C@H](c3cccc(Br)c3)O2)c1OC(C)=O. The van der Waals surface area contributed by atoms with Crippen LogP contribution in [0.4, 0.5) is 0 Å². The van der Waals surface area contributed by atoms with Gasteiger partial charge in [0.05, 0.1) is 12.7 Å². The van der Waals surface area contributed by atoms with Crippen LogP contribution in [0.3, 0.4) is 0 Å². The molecule has 2 aromatic rings. The molecule has 0 unspecified atom stereocenters. The highest BCUT2D eigenvalue weighted by molar-refractivity contribution is 9.10. The molecule has 0 radical (unpaired) electrons. The second-order valence-electron chi connectivity index (χ2n) is 5.72. The largest absolute Gasteiger partial charge is 0.493 e. The van der Waals surface area contributed by atoms with Crippen molar-refractivity contribution in [2.75, 3.05) is 7.11 Å². The number of hydrogen-bond donors (Lipinski definition) is 0. The fourth-order valence-corrected chi connectivity index (χ4v) is 3.06.